The van der Waals surface area contributed by atoms with Crippen molar-refractivity contribution in [3.63, 3.8) is 0 Å². The Labute approximate surface area is 237 Å². The number of carboxylic acid groups (broad SMARTS) is 1. The number of carbonyl (C=O) groups is 3. The minimum absolute atomic E-state index is 0.304. The fourth-order valence-corrected chi connectivity index (χ4v) is 4.40. The molecule has 3 N–H and O–H groups in total. The Hall–Kier alpha value is -6.17. The lowest BCUT2D eigenvalue weighted by Crippen LogP contribution is -2.12. The molecule has 42 heavy (non-hydrogen) atoms. The summed E-state index contributed by atoms with van der Waals surface area (Å²) in [5.74, 6) is 0.350. The van der Waals surface area contributed by atoms with Crippen molar-refractivity contribution in [3.05, 3.63) is 97.0 Å². The van der Waals surface area contributed by atoms with E-state index in [1.54, 1.807) is 72.9 Å². The third kappa shape index (κ3) is 5.31. The number of nitrogens with zero attached hydrogens (tertiary/aromatic N) is 5. The van der Waals surface area contributed by atoms with Gasteiger partial charge in [-0.2, -0.15) is 9.78 Å². The first-order valence-corrected chi connectivity index (χ1v) is 12.6. The number of anilines is 3. The largest absolute Gasteiger partial charge is 0.463 e. The van der Waals surface area contributed by atoms with Gasteiger partial charge in [-0.15, -0.1) is 0 Å². The second-order valence-corrected chi connectivity index (χ2v) is 9.18. The van der Waals surface area contributed by atoms with E-state index < -0.39 is 12.1 Å². The zero-order chi connectivity index (χ0) is 29.2. The molecule has 0 bridgehead atoms. The van der Waals surface area contributed by atoms with Crippen LogP contribution in [0.1, 0.15) is 17.3 Å². The average molecular weight is 560 g/mol. The number of hydrogen-bond acceptors (Lipinski definition) is 9. The molecule has 0 saturated heterocycles. The number of hydrogen-bond donors (Lipinski definition) is 3. The minimum Gasteiger partial charge on any atom is -0.463 e. The summed E-state index contributed by atoms with van der Waals surface area (Å²) in [6, 6.07) is 20.6. The number of ether oxygens (including phenoxy) is 1. The van der Waals surface area contributed by atoms with E-state index in [4.69, 9.17) is 14.7 Å². The average Bonchev–Trinajstić information content (AvgIpc) is 3.41. The van der Waals surface area contributed by atoms with E-state index in [0.29, 0.717) is 61.7 Å². The molecule has 0 atom stereocenters. The standard InChI is InChI=1S/C30H21N7O5/c1-17(38)42-23-8-9-25-24(14-23)28(33-22-7-10-26-20(13-22)16-32-37(26)30(40)41)36-27(35-25)18-4-2-6-21(12-18)34-29(39)19-5-3-11-31-15-19/h2-16H,1H3,(H,34,39)(H,40,41)(H,33,35,36). The summed E-state index contributed by atoms with van der Waals surface area (Å²) in [6.07, 6.45) is 3.35. The Balaban J connectivity index is 1.40. The van der Waals surface area contributed by atoms with Crippen molar-refractivity contribution < 1.29 is 24.2 Å². The van der Waals surface area contributed by atoms with Crippen LogP contribution in [0.15, 0.2) is 91.4 Å². The van der Waals surface area contributed by atoms with Gasteiger partial charge in [-0.25, -0.2) is 14.8 Å². The molecular formula is C30H21N7O5. The predicted molar refractivity (Wildman–Crippen MR) is 155 cm³/mol. The molecule has 0 spiro atoms. The van der Waals surface area contributed by atoms with E-state index in [1.165, 1.54) is 19.3 Å². The first kappa shape index (κ1) is 26.1. The number of fused-ring (bicyclic) bond motifs is 2. The summed E-state index contributed by atoms with van der Waals surface area (Å²) in [5, 5.41) is 20.6. The summed E-state index contributed by atoms with van der Waals surface area (Å²) in [4.78, 5) is 49.2. The van der Waals surface area contributed by atoms with Crippen LogP contribution in [0.5, 0.6) is 5.75 Å². The number of rotatable bonds is 6. The van der Waals surface area contributed by atoms with E-state index in [0.717, 1.165) is 4.68 Å². The third-order valence-corrected chi connectivity index (χ3v) is 6.24. The maximum Gasteiger partial charge on any atom is 0.432 e. The number of nitrogens with one attached hydrogen (secondary N) is 2. The second kappa shape index (κ2) is 10.8. The van der Waals surface area contributed by atoms with Crippen LogP contribution in [0, 0.1) is 0 Å². The summed E-state index contributed by atoms with van der Waals surface area (Å²) in [7, 11) is 0. The highest BCUT2D eigenvalue weighted by atomic mass is 16.5. The summed E-state index contributed by atoms with van der Waals surface area (Å²) in [5.41, 5.74) is 3.24. The van der Waals surface area contributed by atoms with Crippen LogP contribution in [0.3, 0.4) is 0 Å². The van der Waals surface area contributed by atoms with Gasteiger partial charge < -0.3 is 20.5 Å². The predicted octanol–water partition coefficient (Wildman–Crippen LogP) is 5.49. The first-order chi connectivity index (χ1) is 20.3. The smallest absolute Gasteiger partial charge is 0.432 e. The SMILES string of the molecule is CC(=O)Oc1ccc2nc(-c3cccc(NC(=O)c4cccnc4)c3)nc(Nc3ccc4c(cnn4C(=O)O)c3)c2c1. The van der Waals surface area contributed by atoms with Crippen molar-refractivity contribution in [2.24, 2.45) is 0 Å². The molecule has 0 unspecified atom stereocenters. The van der Waals surface area contributed by atoms with Crippen molar-refractivity contribution >= 4 is 57.0 Å². The number of aromatic nitrogens is 5. The molecule has 0 radical (unpaired) electrons. The first-order valence-electron chi connectivity index (χ1n) is 12.6. The van der Waals surface area contributed by atoms with Gasteiger partial charge in [-0.1, -0.05) is 12.1 Å². The van der Waals surface area contributed by atoms with Gasteiger partial charge in [0.05, 0.1) is 22.8 Å². The van der Waals surface area contributed by atoms with Crippen LogP contribution in [0.4, 0.5) is 22.0 Å². The van der Waals surface area contributed by atoms with Crippen LogP contribution in [0.2, 0.25) is 0 Å². The van der Waals surface area contributed by atoms with Crippen molar-refractivity contribution in [3.8, 4) is 17.1 Å². The van der Waals surface area contributed by atoms with Crippen LogP contribution in [0.25, 0.3) is 33.2 Å². The lowest BCUT2D eigenvalue weighted by Gasteiger charge is -2.13. The molecular weight excluding hydrogens is 538 g/mol. The highest BCUT2D eigenvalue weighted by Gasteiger charge is 2.15. The van der Waals surface area contributed by atoms with Gasteiger partial charge in [0.1, 0.15) is 11.6 Å². The molecule has 6 aromatic rings. The maximum atomic E-state index is 12.7. The number of esters is 1. The number of pyridine rings is 1. The lowest BCUT2D eigenvalue weighted by atomic mass is 10.1. The minimum atomic E-state index is -1.19. The molecule has 12 nitrogen and oxygen atoms in total. The lowest BCUT2D eigenvalue weighted by molar-refractivity contribution is -0.131. The normalized spacial score (nSPS) is 10.9. The number of amides is 1. The van der Waals surface area contributed by atoms with Gasteiger partial charge in [0, 0.05) is 47.0 Å². The van der Waals surface area contributed by atoms with Crippen LogP contribution < -0.4 is 15.4 Å². The maximum absolute atomic E-state index is 12.7. The van der Waals surface area contributed by atoms with E-state index in [-0.39, 0.29) is 5.91 Å². The Morgan fingerprint density at radius 1 is 0.905 bits per heavy atom. The molecule has 0 aliphatic rings. The summed E-state index contributed by atoms with van der Waals surface area (Å²) >= 11 is 0. The Bertz CT molecular complexity index is 2010. The van der Waals surface area contributed by atoms with E-state index in [9.17, 15) is 19.5 Å². The highest BCUT2D eigenvalue weighted by Crippen LogP contribution is 2.32. The second-order valence-electron chi connectivity index (χ2n) is 9.18. The molecule has 0 fully saturated rings. The molecule has 3 aromatic heterocycles. The monoisotopic (exact) mass is 559 g/mol. The number of carbonyl (C=O) groups excluding carboxylic acids is 2. The van der Waals surface area contributed by atoms with Crippen LogP contribution in [-0.2, 0) is 4.79 Å². The zero-order valence-electron chi connectivity index (χ0n) is 22.0. The fourth-order valence-electron chi connectivity index (χ4n) is 4.40. The molecule has 6 rings (SSSR count). The van der Waals surface area contributed by atoms with Crippen molar-refractivity contribution in [1.82, 2.24) is 24.7 Å². The van der Waals surface area contributed by atoms with Gasteiger partial charge >= 0.3 is 12.1 Å². The fraction of sp³-hybridized carbons (Fsp3) is 0.0333. The summed E-state index contributed by atoms with van der Waals surface area (Å²) < 4.78 is 6.17. The Kier molecular flexibility index (Phi) is 6.69. The van der Waals surface area contributed by atoms with Gasteiger partial charge in [-0.05, 0) is 60.7 Å². The number of benzene rings is 3. The molecule has 3 heterocycles. The van der Waals surface area contributed by atoms with Gasteiger partial charge in [0.15, 0.2) is 5.82 Å². The van der Waals surface area contributed by atoms with E-state index in [2.05, 4.69) is 20.7 Å². The highest BCUT2D eigenvalue weighted by molar-refractivity contribution is 6.04. The molecule has 0 aliphatic heterocycles. The van der Waals surface area contributed by atoms with Crippen LogP contribution in [-0.4, -0.2) is 47.8 Å². The summed E-state index contributed by atoms with van der Waals surface area (Å²) in [6.45, 7) is 1.32. The van der Waals surface area contributed by atoms with E-state index >= 15 is 0 Å². The van der Waals surface area contributed by atoms with Crippen LogP contribution >= 0.6 is 0 Å². The zero-order valence-corrected chi connectivity index (χ0v) is 22.0. The molecule has 0 saturated carbocycles. The molecule has 12 heteroatoms. The van der Waals surface area contributed by atoms with Gasteiger partial charge in [0.2, 0.25) is 0 Å². The van der Waals surface area contributed by atoms with Crippen molar-refractivity contribution in [2.75, 3.05) is 10.6 Å². The molecule has 1 amide bonds. The van der Waals surface area contributed by atoms with Gasteiger partial charge in [-0.3, -0.25) is 14.6 Å². The van der Waals surface area contributed by atoms with E-state index in [1.807, 2.05) is 6.07 Å². The molecule has 0 aliphatic carbocycles. The van der Waals surface area contributed by atoms with Gasteiger partial charge in [0.25, 0.3) is 5.91 Å². The topological polar surface area (TPSA) is 161 Å². The van der Waals surface area contributed by atoms with Crippen molar-refractivity contribution in [1.29, 1.82) is 0 Å². The Morgan fingerprint density at radius 2 is 1.79 bits per heavy atom. The Morgan fingerprint density at radius 3 is 2.57 bits per heavy atom. The third-order valence-electron chi connectivity index (χ3n) is 6.24. The molecule has 206 valence electrons. The molecule has 3 aromatic carbocycles. The van der Waals surface area contributed by atoms with Crippen molar-refractivity contribution in [2.45, 2.75) is 6.92 Å². The quantitative estimate of drug-likeness (QED) is 0.176.